The Morgan fingerprint density at radius 2 is 1.86 bits per heavy atom. The largest absolute Gasteiger partial charge is 0.348 e. The number of benzene rings is 1. The van der Waals surface area contributed by atoms with Crippen LogP contribution in [0.3, 0.4) is 0 Å². The van der Waals surface area contributed by atoms with E-state index in [0.717, 1.165) is 0 Å². The van der Waals surface area contributed by atoms with E-state index >= 15 is 0 Å². The van der Waals surface area contributed by atoms with Crippen LogP contribution < -0.4 is 0 Å². The average Bonchev–Trinajstić information content (AvgIpc) is 2.77. The predicted octanol–water partition coefficient (Wildman–Crippen LogP) is 2.88. The molecule has 1 aromatic rings. The lowest BCUT2D eigenvalue weighted by Gasteiger charge is -2.27. The molecule has 1 aromatic carbocycles. The average molecular weight is 312 g/mol. The highest BCUT2D eigenvalue weighted by atomic mass is 32.2. The second-order valence-electron chi connectivity index (χ2n) is 6.37. The fraction of sp³-hybridized carbons (Fsp3) is 0.625. The van der Waals surface area contributed by atoms with E-state index in [1.807, 2.05) is 33.8 Å². The highest BCUT2D eigenvalue weighted by Gasteiger charge is 2.40. The first-order valence-electron chi connectivity index (χ1n) is 7.31. The summed E-state index contributed by atoms with van der Waals surface area (Å²) in [6.45, 7) is 8.21. The van der Waals surface area contributed by atoms with Crippen LogP contribution in [0.5, 0.6) is 0 Å². The molecule has 0 aliphatic carbocycles. The summed E-state index contributed by atoms with van der Waals surface area (Å²) in [6.07, 6.45) is -0.182. The van der Waals surface area contributed by atoms with E-state index < -0.39 is 15.6 Å². The zero-order valence-corrected chi connectivity index (χ0v) is 13.9. The normalized spacial score (nSPS) is 23.4. The van der Waals surface area contributed by atoms with Crippen LogP contribution in [-0.2, 0) is 19.3 Å². The summed E-state index contributed by atoms with van der Waals surface area (Å²) in [4.78, 5) is 0.369. The molecule has 2 rings (SSSR count). The number of rotatable bonds is 5. The topological polar surface area (TPSA) is 52.6 Å². The molecular formula is C16H24O4S. The Balaban J connectivity index is 2.18. The van der Waals surface area contributed by atoms with Crippen molar-refractivity contribution in [3.63, 3.8) is 0 Å². The molecule has 0 bridgehead atoms. The summed E-state index contributed by atoms with van der Waals surface area (Å²) in [5, 5.41) is 0. The molecule has 118 valence electrons. The first kappa shape index (κ1) is 16.5. The van der Waals surface area contributed by atoms with Crippen molar-refractivity contribution in [1.29, 1.82) is 0 Å². The zero-order chi connectivity index (χ0) is 15.7. The molecule has 1 fully saturated rings. The number of hydrogen-bond acceptors (Lipinski definition) is 4. The van der Waals surface area contributed by atoms with Crippen LogP contribution >= 0.6 is 0 Å². The molecule has 0 aromatic heterocycles. The minimum Gasteiger partial charge on any atom is -0.348 e. The predicted molar refractivity (Wildman–Crippen MR) is 81.7 cm³/mol. The first-order valence-corrected chi connectivity index (χ1v) is 8.96. The van der Waals surface area contributed by atoms with Crippen molar-refractivity contribution in [2.75, 3.05) is 12.4 Å². The van der Waals surface area contributed by atoms with Gasteiger partial charge in [-0.25, -0.2) is 8.42 Å². The summed E-state index contributed by atoms with van der Waals surface area (Å²) < 4.78 is 36.6. The number of hydrogen-bond donors (Lipinski definition) is 0. The van der Waals surface area contributed by atoms with Crippen molar-refractivity contribution in [1.82, 2.24) is 0 Å². The van der Waals surface area contributed by atoms with Crippen molar-refractivity contribution >= 4 is 9.84 Å². The number of sulfone groups is 1. The smallest absolute Gasteiger partial charge is 0.178 e. The fourth-order valence-corrected chi connectivity index (χ4v) is 4.50. The van der Waals surface area contributed by atoms with Gasteiger partial charge in [0.1, 0.15) is 0 Å². The van der Waals surface area contributed by atoms with Crippen LogP contribution in [0.2, 0.25) is 0 Å². The molecule has 0 saturated carbocycles. The van der Waals surface area contributed by atoms with Crippen LogP contribution in [0.1, 0.15) is 27.7 Å². The number of ether oxygens (including phenoxy) is 2. The standard InChI is InChI=1S/C16H24O4S/c1-12(2)14(15-10-19-16(3,4)20-15)11-21(17,18)13-8-6-5-7-9-13/h5-9,12,14-15H,10-11H2,1-4H3/t14-,15-/m1/s1. The van der Waals surface area contributed by atoms with E-state index in [9.17, 15) is 8.42 Å². The molecule has 0 spiro atoms. The minimum atomic E-state index is -3.31. The van der Waals surface area contributed by atoms with E-state index in [-0.39, 0.29) is 23.7 Å². The second-order valence-corrected chi connectivity index (χ2v) is 8.40. The highest BCUT2D eigenvalue weighted by molar-refractivity contribution is 7.91. The molecule has 2 atom stereocenters. The van der Waals surface area contributed by atoms with Crippen molar-refractivity contribution in [2.45, 2.75) is 44.5 Å². The van der Waals surface area contributed by atoms with Crippen molar-refractivity contribution in [3.05, 3.63) is 30.3 Å². The van der Waals surface area contributed by atoms with E-state index in [1.54, 1.807) is 24.3 Å². The Kier molecular flexibility index (Phi) is 4.76. The van der Waals surface area contributed by atoms with Gasteiger partial charge in [0.2, 0.25) is 0 Å². The third kappa shape index (κ3) is 4.05. The van der Waals surface area contributed by atoms with Gasteiger partial charge in [0, 0.05) is 5.92 Å². The second kappa shape index (κ2) is 6.07. The van der Waals surface area contributed by atoms with Crippen LogP contribution in [0.4, 0.5) is 0 Å². The van der Waals surface area contributed by atoms with Gasteiger partial charge in [-0.3, -0.25) is 0 Å². The van der Waals surface area contributed by atoms with Crippen molar-refractivity contribution in [3.8, 4) is 0 Å². The fourth-order valence-electron chi connectivity index (χ4n) is 2.63. The molecule has 0 radical (unpaired) electrons. The maximum absolute atomic E-state index is 12.6. The van der Waals surface area contributed by atoms with E-state index in [0.29, 0.717) is 11.5 Å². The SMILES string of the molecule is CC(C)[C@@H](CS(=O)(=O)c1ccccc1)[C@H]1COC(C)(C)O1. The van der Waals surface area contributed by atoms with Crippen LogP contribution in [-0.4, -0.2) is 32.7 Å². The summed E-state index contributed by atoms with van der Waals surface area (Å²) in [7, 11) is -3.31. The van der Waals surface area contributed by atoms with E-state index in [2.05, 4.69) is 0 Å². The van der Waals surface area contributed by atoms with E-state index in [4.69, 9.17) is 9.47 Å². The first-order chi connectivity index (χ1) is 9.71. The van der Waals surface area contributed by atoms with Crippen LogP contribution in [0.25, 0.3) is 0 Å². The third-order valence-electron chi connectivity index (χ3n) is 3.88. The van der Waals surface area contributed by atoms with Crippen molar-refractivity contribution in [2.24, 2.45) is 11.8 Å². The Labute approximate surface area is 127 Å². The van der Waals surface area contributed by atoms with Gasteiger partial charge in [0.05, 0.1) is 23.4 Å². The van der Waals surface area contributed by atoms with Gasteiger partial charge < -0.3 is 9.47 Å². The third-order valence-corrected chi connectivity index (χ3v) is 5.69. The summed E-state index contributed by atoms with van der Waals surface area (Å²) in [6, 6.07) is 8.59. The molecule has 5 heteroatoms. The van der Waals surface area contributed by atoms with Gasteiger partial charge in [-0.15, -0.1) is 0 Å². The Hall–Kier alpha value is -0.910. The molecule has 0 unspecified atom stereocenters. The molecule has 0 amide bonds. The van der Waals surface area contributed by atoms with Crippen molar-refractivity contribution < 1.29 is 17.9 Å². The summed E-state index contributed by atoms with van der Waals surface area (Å²) in [5.41, 5.74) is 0. The van der Waals surface area contributed by atoms with Gasteiger partial charge in [0.15, 0.2) is 15.6 Å². The zero-order valence-electron chi connectivity index (χ0n) is 13.1. The highest BCUT2D eigenvalue weighted by Crippen LogP contribution is 2.32. The molecular weight excluding hydrogens is 288 g/mol. The lowest BCUT2D eigenvalue weighted by Crippen LogP contribution is -2.35. The van der Waals surface area contributed by atoms with Crippen LogP contribution in [0, 0.1) is 11.8 Å². The Bertz CT molecular complexity index is 563. The monoisotopic (exact) mass is 312 g/mol. The molecule has 0 N–H and O–H groups in total. The Morgan fingerprint density at radius 1 is 1.24 bits per heavy atom. The van der Waals surface area contributed by atoms with Crippen LogP contribution in [0.15, 0.2) is 35.2 Å². The maximum atomic E-state index is 12.6. The quantitative estimate of drug-likeness (QED) is 0.839. The van der Waals surface area contributed by atoms with Gasteiger partial charge in [0.25, 0.3) is 0 Å². The minimum absolute atomic E-state index is 0.0821. The molecule has 1 aliphatic heterocycles. The molecule has 1 saturated heterocycles. The van der Waals surface area contributed by atoms with Gasteiger partial charge in [-0.05, 0) is 31.9 Å². The maximum Gasteiger partial charge on any atom is 0.178 e. The summed E-state index contributed by atoms with van der Waals surface area (Å²) >= 11 is 0. The van der Waals surface area contributed by atoms with Gasteiger partial charge in [-0.1, -0.05) is 32.0 Å². The van der Waals surface area contributed by atoms with Gasteiger partial charge >= 0.3 is 0 Å². The summed E-state index contributed by atoms with van der Waals surface area (Å²) in [5.74, 6) is -0.435. The molecule has 21 heavy (non-hydrogen) atoms. The Morgan fingerprint density at radius 3 is 2.33 bits per heavy atom. The van der Waals surface area contributed by atoms with Gasteiger partial charge in [-0.2, -0.15) is 0 Å². The molecule has 4 nitrogen and oxygen atoms in total. The molecule has 1 heterocycles. The lowest BCUT2D eigenvalue weighted by molar-refractivity contribution is -0.145. The van der Waals surface area contributed by atoms with E-state index in [1.165, 1.54) is 0 Å². The lowest BCUT2D eigenvalue weighted by atomic mass is 9.92. The molecule has 1 aliphatic rings.